The first-order valence-electron chi connectivity index (χ1n) is 6.72. The number of nitrogens with zero attached hydrogens (tertiary/aromatic N) is 1. The van der Waals surface area contributed by atoms with Gasteiger partial charge < -0.3 is 10.1 Å². The van der Waals surface area contributed by atoms with Gasteiger partial charge in [0, 0.05) is 11.1 Å². The molecule has 1 unspecified atom stereocenters. The number of hydrogen-bond acceptors (Lipinski definition) is 3. The van der Waals surface area contributed by atoms with E-state index in [9.17, 15) is 14.0 Å². The number of anilines is 1. The van der Waals surface area contributed by atoms with E-state index in [0.717, 1.165) is 0 Å². The van der Waals surface area contributed by atoms with Crippen LogP contribution in [0.3, 0.4) is 0 Å². The van der Waals surface area contributed by atoms with Gasteiger partial charge in [0.15, 0.2) is 0 Å². The van der Waals surface area contributed by atoms with Crippen LogP contribution >= 0.6 is 0 Å². The second-order valence-corrected chi connectivity index (χ2v) is 5.17. The van der Waals surface area contributed by atoms with Crippen LogP contribution in [0.15, 0.2) is 36.4 Å². The predicted octanol–water partition coefficient (Wildman–Crippen LogP) is 2.24. The molecule has 0 radical (unpaired) electrons. The van der Waals surface area contributed by atoms with Gasteiger partial charge >= 0.3 is 0 Å². The van der Waals surface area contributed by atoms with Crippen LogP contribution in [0.4, 0.5) is 10.1 Å². The molecule has 5 nitrogen and oxygen atoms in total. The Morgan fingerprint density at radius 3 is 2.73 bits per heavy atom. The maximum Gasteiger partial charge on any atom is 0.260 e. The average Bonchev–Trinajstić information content (AvgIpc) is 2.79. The zero-order valence-electron chi connectivity index (χ0n) is 11.6. The van der Waals surface area contributed by atoms with Gasteiger partial charge in [0.05, 0.1) is 18.4 Å². The molecule has 22 heavy (non-hydrogen) atoms. The molecule has 1 atom stereocenters. The number of methoxy groups -OCH3 is 1. The van der Waals surface area contributed by atoms with Gasteiger partial charge in [-0.3, -0.25) is 14.5 Å². The molecule has 0 aromatic heterocycles. The number of nitrogens with one attached hydrogen (secondary N) is 1. The molecule has 2 aliphatic rings. The van der Waals surface area contributed by atoms with Crippen LogP contribution < -0.4 is 15.0 Å². The fourth-order valence-corrected chi connectivity index (χ4v) is 2.97. The smallest absolute Gasteiger partial charge is 0.260 e. The lowest BCUT2D eigenvalue weighted by Crippen LogP contribution is -2.45. The summed E-state index contributed by atoms with van der Waals surface area (Å²) in [6.45, 7) is 0. The van der Waals surface area contributed by atoms with E-state index in [1.165, 1.54) is 30.2 Å². The summed E-state index contributed by atoms with van der Waals surface area (Å²) in [6, 6.07) is 8.91. The molecule has 2 amide bonds. The highest BCUT2D eigenvalue weighted by atomic mass is 19.1. The predicted molar refractivity (Wildman–Crippen MR) is 76.4 cm³/mol. The van der Waals surface area contributed by atoms with Gasteiger partial charge in [-0.05, 0) is 36.4 Å². The topological polar surface area (TPSA) is 58.6 Å². The largest absolute Gasteiger partial charge is 0.497 e. The number of rotatable bonds is 1. The molecule has 2 heterocycles. The minimum Gasteiger partial charge on any atom is -0.497 e. The number of halogens is 1. The van der Waals surface area contributed by atoms with Crippen molar-refractivity contribution in [1.29, 1.82) is 0 Å². The Kier molecular flexibility index (Phi) is 2.51. The Morgan fingerprint density at radius 2 is 1.95 bits per heavy atom. The van der Waals surface area contributed by atoms with Crippen molar-refractivity contribution >= 4 is 17.5 Å². The first-order valence-corrected chi connectivity index (χ1v) is 6.72. The molecule has 6 heteroatoms. The standard InChI is InChI=1S/C16H11FN2O3/c1-22-9-3-5-13-12(7-9)15(20)18-14-11-6-8(17)2-4-10(11)16(21)19(13)14/h2-7,14H,1H3,(H,18,20). The van der Waals surface area contributed by atoms with E-state index in [0.29, 0.717) is 28.1 Å². The second kappa shape index (κ2) is 4.30. The molecule has 110 valence electrons. The van der Waals surface area contributed by atoms with Crippen molar-refractivity contribution in [1.82, 2.24) is 5.32 Å². The Balaban J connectivity index is 1.91. The molecule has 0 bridgehead atoms. The van der Waals surface area contributed by atoms with E-state index in [2.05, 4.69) is 5.32 Å². The molecular formula is C16H11FN2O3. The molecule has 0 saturated heterocycles. The number of fused-ring (bicyclic) bond motifs is 5. The summed E-state index contributed by atoms with van der Waals surface area (Å²) in [5, 5.41) is 2.74. The third-order valence-corrected chi connectivity index (χ3v) is 3.99. The van der Waals surface area contributed by atoms with Crippen molar-refractivity contribution in [2.75, 3.05) is 12.0 Å². The minimum absolute atomic E-state index is 0.258. The van der Waals surface area contributed by atoms with Gasteiger partial charge in [-0.25, -0.2) is 4.39 Å². The molecule has 0 saturated carbocycles. The molecular weight excluding hydrogens is 287 g/mol. The number of amides is 2. The fraction of sp³-hybridized carbons (Fsp3) is 0.125. The zero-order chi connectivity index (χ0) is 15.4. The van der Waals surface area contributed by atoms with Crippen molar-refractivity contribution in [3.05, 3.63) is 58.9 Å². The lowest BCUT2D eigenvalue weighted by atomic mass is 10.1. The van der Waals surface area contributed by atoms with E-state index < -0.39 is 12.0 Å². The van der Waals surface area contributed by atoms with Crippen LogP contribution in [-0.2, 0) is 0 Å². The highest BCUT2D eigenvalue weighted by Crippen LogP contribution is 2.41. The van der Waals surface area contributed by atoms with E-state index in [-0.39, 0.29) is 11.8 Å². The van der Waals surface area contributed by atoms with E-state index in [1.807, 2.05) is 0 Å². The van der Waals surface area contributed by atoms with E-state index in [4.69, 9.17) is 4.74 Å². The number of carbonyl (C=O) groups is 2. The van der Waals surface area contributed by atoms with E-state index >= 15 is 0 Å². The average molecular weight is 298 g/mol. The lowest BCUT2D eigenvalue weighted by molar-refractivity contribution is 0.0911. The molecule has 0 fully saturated rings. The van der Waals surface area contributed by atoms with Crippen LogP contribution in [0.2, 0.25) is 0 Å². The normalized spacial score (nSPS) is 18.5. The summed E-state index contributed by atoms with van der Waals surface area (Å²) in [6.07, 6.45) is -0.674. The molecule has 0 aliphatic carbocycles. The summed E-state index contributed by atoms with van der Waals surface area (Å²) in [4.78, 5) is 26.4. The van der Waals surface area contributed by atoms with Gasteiger partial charge in [0.2, 0.25) is 0 Å². The highest BCUT2D eigenvalue weighted by molar-refractivity contribution is 6.16. The van der Waals surface area contributed by atoms with Crippen molar-refractivity contribution in [3.8, 4) is 5.75 Å². The Labute approximate surface area is 125 Å². The van der Waals surface area contributed by atoms with E-state index in [1.54, 1.807) is 18.2 Å². The van der Waals surface area contributed by atoms with Gasteiger partial charge in [-0.1, -0.05) is 0 Å². The molecule has 2 aromatic carbocycles. The molecule has 0 spiro atoms. The van der Waals surface area contributed by atoms with Gasteiger partial charge in [-0.15, -0.1) is 0 Å². The summed E-state index contributed by atoms with van der Waals surface area (Å²) < 4.78 is 18.6. The van der Waals surface area contributed by atoms with Crippen molar-refractivity contribution < 1.29 is 18.7 Å². The van der Waals surface area contributed by atoms with Crippen LogP contribution in [0.1, 0.15) is 32.4 Å². The highest BCUT2D eigenvalue weighted by Gasteiger charge is 2.43. The van der Waals surface area contributed by atoms with Crippen LogP contribution in [0.25, 0.3) is 0 Å². The third-order valence-electron chi connectivity index (χ3n) is 3.99. The Hall–Kier alpha value is -2.89. The van der Waals surface area contributed by atoms with Gasteiger partial charge in [-0.2, -0.15) is 0 Å². The third kappa shape index (κ3) is 1.57. The van der Waals surface area contributed by atoms with Crippen LogP contribution in [0.5, 0.6) is 5.75 Å². The maximum absolute atomic E-state index is 13.5. The number of hydrogen-bond donors (Lipinski definition) is 1. The van der Waals surface area contributed by atoms with Crippen LogP contribution in [-0.4, -0.2) is 18.9 Å². The monoisotopic (exact) mass is 298 g/mol. The molecule has 4 rings (SSSR count). The first-order chi connectivity index (χ1) is 10.6. The number of ether oxygens (including phenoxy) is 1. The second-order valence-electron chi connectivity index (χ2n) is 5.17. The van der Waals surface area contributed by atoms with Crippen molar-refractivity contribution in [2.24, 2.45) is 0 Å². The first kappa shape index (κ1) is 12.8. The molecule has 2 aromatic rings. The SMILES string of the molecule is COc1ccc2c(c1)C(=O)NC1c3cc(F)ccc3C(=O)N21. The fourth-order valence-electron chi connectivity index (χ4n) is 2.97. The number of carbonyl (C=O) groups excluding carboxylic acids is 2. The maximum atomic E-state index is 13.5. The Bertz CT molecular complexity index is 834. The summed E-state index contributed by atoms with van der Waals surface area (Å²) in [5.74, 6) is -0.489. The van der Waals surface area contributed by atoms with Crippen molar-refractivity contribution in [2.45, 2.75) is 6.17 Å². The zero-order valence-corrected chi connectivity index (χ0v) is 11.6. The molecule has 1 N–H and O–H groups in total. The summed E-state index contributed by atoms with van der Waals surface area (Å²) in [7, 11) is 1.50. The minimum atomic E-state index is -0.674. The number of benzene rings is 2. The summed E-state index contributed by atoms with van der Waals surface area (Å²) in [5.41, 5.74) is 1.73. The van der Waals surface area contributed by atoms with Crippen LogP contribution in [0, 0.1) is 5.82 Å². The lowest BCUT2D eigenvalue weighted by Gasteiger charge is -2.32. The van der Waals surface area contributed by atoms with Crippen molar-refractivity contribution in [3.63, 3.8) is 0 Å². The summed E-state index contributed by atoms with van der Waals surface area (Å²) >= 11 is 0. The Morgan fingerprint density at radius 1 is 1.14 bits per heavy atom. The van der Waals surface area contributed by atoms with Gasteiger partial charge in [0.25, 0.3) is 11.8 Å². The molecule has 2 aliphatic heterocycles. The van der Waals surface area contributed by atoms with Gasteiger partial charge in [0.1, 0.15) is 17.7 Å². The quantitative estimate of drug-likeness (QED) is 0.878.